The van der Waals surface area contributed by atoms with Crippen LogP contribution >= 0.6 is 0 Å². The van der Waals surface area contributed by atoms with Gasteiger partial charge in [0, 0.05) is 6.04 Å². The Hall–Kier alpha value is -1.24. The molecule has 0 spiro atoms. The Morgan fingerprint density at radius 2 is 1.83 bits per heavy atom. The number of nitrogens with one attached hydrogen (secondary N) is 1. The van der Waals surface area contributed by atoms with Gasteiger partial charge in [-0.2, -0.15) is 0 Å². The lowest BCUT2D eigenvalue weighted by molar-refractivity contribution is -0.145. The fraction of sp³-hybridized carbons (Fsp3) is 0.588. The molecule has 0 amide bonds. The average molecular weight is 343 g/mol. The van der Waals surface area contributed by atoms with Gasteiger partial charge in [-0.15, -0.1) is 0 Å². The summed E-state index contributed by atoms with van der Waals surface area (Å²) in [5.74, 6) is -0.468. The van der Waals surface area contributed by atoms with Crippen molar-refractivity contribution in [3.05, 3.63) is 35.9 Å². The van der Waals surface area contributed by atoms with Gasteiger partial charge in [-0.1, -0.05) is 37.3 Å². The molecule has 0 fully saturated rings. The molecule has 0 heterocycles. The highest BCUT2D eigenvalue weighted by Gasteiger charge is 2.26. The summed E-state index contributed by atoms with van der Waals surface area (Å²) in [6.07, 6.45) is 1.31. The van der Waals surface area contributed by atoms with Gasteiger partial charge in [-0.25, -0.2) is 8.93 Å². The topological polar surface area (TPSA) is 86.9 Å². The molecule has 0 saturated carbocycles. The van der Waals surface area contributed by atoms with Crippen LogP contribution < -0.4 is 4.72 Å². The normalized spacial score (nSPS) is 15.2. The first-order chi connectivity index (χ1) is 10.2. The van der Waals surface area contributed by atoms with Gasteiger partial charge >= 0.3 is 5.97 Å². The number of carbonyl (C=O) groups excluding carboxylic acids is 1. The minimum atomic E-state index is -1.17. The average Bonchev–Trinajstić information content (AvgIpc) is 2.46. The molecule has 0 aliphatic carbocycles. The molecule has 3 N–H and O–H groups in total. The zero-order chi connectivity index (χ0) is 16.8. The number of hydrogen-bond acceptors (Lipinski definition) is 3. The van der Waals surface area contributed by atoms with Crippen LogP contribution in [0.4, 0.5) is 0 Å². The van der Waals surface area contributed by atoms with Crippen molar-refractivity contribution in [2.45, 2.75) is 51.3 Å². The Balaban J connectivity index is 0.00000484. The lowest BCUT2D eigenvalue weighted by Gasteiger charge is -2.25. The molecule has 23 heavy (non-hydrogen) atoms. The highest BCUT2D eigenvalue weighted by atomic mass is 32.2. The summed E-state index contributed by atoms with van der Waals surface area (Å²) in [7, 11) is 0.220. The van der Waals surface area contributed by atoms with E-state index in [4.69, 9.17) is 4.74 Å². The number of benzene rings is 1. The first-order valence-corrected chi connectivity index (χ1v) is 8.68. The van der Waals surface area contributed by atoms with Crippen LogP contribution in [-0.2, 0) is 26.9 Å². The van der Waals surface area contributed by atoms with Crippen LogP contribution in [-0.4, -0.2) is 33.6 Å². The third-order valence-corrected chi connectivity index (χ3v) is 5.06. The molecule has 0 radical (unpaired) electrons. The van der Waals surface area contributed by atoms with Crippen molar-refractivity contribution in [3.8, 4) is 0 Å². The maximum absolute atomic E-state index is 12.4. The monoisotopic (exact) mass is 343 g/mol. The van der Waals surface area contributed by atoms with Crippen LogP contribution in [0.3, 0.4) is 0 Å². The number of methoxy groups -OCH3 is 1. The van der Waals surface area contributed by atoms with Gasteiger partial charge in [0.2, 0.25) is 0 Å². The van der Waals surface area contributed by atoms with Crippen LogP contribution in [0.1, 0.15) is 39.7 Å². The summed E-state index contributed by atoms with van der Waals surface area (Å²) >= 11 is 0. The van der Waals surface area contributed by atoms with Crippen molar-refractivity contribution in [2.75, 3.05) is 7.11 Å². The van der Waals surface area contributed by atoms with E-state index in [0.717, 1.165) is 12.0 Å². The van der Waals surface area contributed by atoms with Crippen LogP contribution in [0.2, 0.25) is 0 Å². The minimum Gasteiger partial charge on any atom is -0.469 e. The fourth-order valence-corrected chi connectivity index (χ4v) is 2.96. The third-order valence-electron chi connectivity index (χ3n) is 3.40. The maximum Gasteiger partial charge on any atom is 0.308 e. The van der Waals surface area contributed by atoms with E-state index in [-0.39, 0.29) is 28.2 Å². The van der Waals surface area contributed by atoms with E-state index < -0.39 is 11.0 Å². The molecule has 1 aromatic carbocycles. The highest BCUT2D eigenvalue weighted by Crippen LogP contribution is 2.16. The first-order valence-electron chi connectivity index (χ1n) is 7.54. The van der Waals surface area contributed by atoms with Crippen molar-refractivity contribution in [3.63, 3.8) is 0 Å². The number of rotatable bonds is 7. The molecule has 0 aliphatic rings. The second-order valence-corrected chi connectivity index (χ2v) is 8.54. The molecule has 5 nitrogen and oxygen atoms in total. The van der Waals surface area contributed by atoms with Crippen molar-refractivity contribution in [2.24, 2.45) is 5.92 Å². The molecule has 1 aromatic rings. The van der Waals surface area contributed by atoms with E-state index >= 15 is 0 Å². The summed E-state index contributed by atoms with van der Waals surface area (Å²) in [5.41, 5.74) is 1.16. The molecule has 0 aromatic heterocycles. The molecule has 0 bridgehead atoms. The largest absolute Gasteiger partial charge is 0.469 e. The van der Waals surface area contributed by atoms with Crippen molar-refractivity contribution in [1.82, 2.24) is 4.72 Å². The van der Waals surface area contributed by atoms with Gasteiger partial charge in [0.25, 0.3) is 0 Å². The van der Waals surface area contributed by atoms with Crippen LogP contribution in [0.5, 0.6) is 0 Å². The molecule has 0 aliphatic heterocycles. The Labute approximate surface area is 141 Å². The quantitative estimate of drug-likeness (QED) is 0.768. The van der Waals surface area contributed by atoms with Crippen LogP contribution in [0, 0.1) is 5.92 Å². The Morgan fingerprint density at radius 3 is 2.30 bits per heavy atom. The summed E-state index contributed by atoms with van der Waals surface area (Å²) < 4.78 is 20.0. The number of carbonyl (C=O) groups is 1. The van der Waals surface area contributed by atoms with E-state index in [1.807, 2.05) is 58.0 Å². The molecular weight excluding hydrogens is 314 g/mol. The Bertz CT molecular complexity index is 499. The van der Waals surface area contributed by atoms with E-state index in [1.54, 1.807) is 0 Å². The molecule has 6 heteroatoms. The number of esters is 1. The minimum absolute atomic E-state index is 0. The number of hydrogen-bond donors (Lipinski definition) is 1. The molecular formula is C17H29NO4S. The predicted molar refractivity (Wildman–Crippen MR) is 94.4 cm³/mol. The lowest BCUT2D eigenvalue weighted by Crippen LogP contribution is -2.42. The van der Waals surface area contributed by atoms with Gasteiger partial charge in [-0.3, -0.25) is 4.79 Å². The van der Waals surface area contributed by atoms with Gasteiger partial charge < -0.3 is 10.2 Å². The van der Waals surface area contributed by atoms with Crippen LogP contribution in [0.25, 0.3) is 0 Å². The first kappa shape index (κ1) is 21.8. The predicted octanol–water partition coefficient (Wildman–Crippen LogP) is 2.02. The summed E-state index contributed by atoms with van der Waals surface area (Å²) in [4.78, 5) is 11.7. The van der Waals surface area contributed by atoms with Gasteiger partial charge in [0.1, 0.15) is 0 Å². The fourth-order valence-electron chi connectivity index (χ4n) is 2.12. The number of ether oxygens (including phenoxy) is 1. The van der Waals surface area contributed by atoms with Crippen molar-refractivity contribution in [1.29, 1.82) is 0 Å². The van der Waals surface area contributed by atoms with E-state index in [9.17, 15) is 9.00 Å². The SMILES string of the molecule is COC(=O)[C@@H](C)C[C@H](Cc1ccccc1)N[S@](=O)C(C)(C)C.O. The van der Waals surface area contributed by atoms with Gasteiger partial charge in [0.05, 0.1) is 28.8 Å². The summed E-state index contributed by atoms with van der Waals surface area (Å²) in [5, 5.41) is 0. The summed E-state index contributed by atoms with van der Waals surface area (Å²) in [6, 6.07) is 9.97. The van der Waals surface area contributed by atoms with Crippen molar-refractivity contribution < 1.29 is 19.2 Å². The molecule has 0 unspecified atom stereocenters. The van der Waals surface area contributed by atoms with Gasteiger partial charge in [-0.05, 0) is 39.2 Å². The third kappa shape index (κ3) is 7.72. The smallest absolute Gasteiger partial charge is 0.308 e. The Morgan fingerprint density at radius 1 is 1.26 bits per heavy atom. The van der Waals surface area contributed by atoms with Gasteiger partial charge in [0.15, 0.2) is 0 Å². The molecule has 1 rings (SSSR count). The van der Waals surface area contributed by atoms with E-state index in [1.165, 1.54) is 7.11 Å². The zero-order valence-electron chi connectivity index (χ0n) is 14.6. The lowest BCUT2D eigenvalue weighted by atomic mass is 9.97. The molecule has 3 atom stereocenters. The maximum atomic E-state index is 12.4. The second-order valence-electron chi connectivity index (χ2n) is 6.55. The van der Waals surface area contributed by atoms with Crippen LogP contribution in [0.15, 0.2) is 30.3 Å². The second kappa shape index (κ2) is 9.80. The zero-order valence-corrected chi connectivity index (χ0v) is 15.4. The Kier molecular flexibility index (Phi) is 9.27. The summed E-state index contributed by atoms with van der Waals surface area (Å²) in [6.45, 7) is 7.63. The highest BCUT2D eigenvalue weighted by molar-refractivity contribution is 7.84. The van der Waals surface area contributed by atoms with E-state index in [2.05, 4.69) is 4.72 Å². The van der Waals surface area contributed by atoms with Crippen molar-refractivity contribution >= 4 is 17.0 Å². The molecule has 0 saturated heterocycles. The van der Waals surface area contributed by atoms with E-state index in [0.29, 0.717) is 6.42 Å². The standard InChI is InChI=1S/C17H27NO3S.H2O/c1-13(16(19)21-5)11-15(18-22(20)17(2,3)4)12-14-9-7-6-8-10-14;/h6-10,13,15,18H,11-12H2,1-5H3;1H2/t13-,15+,22+;/m0./s1. The molecule has 132 valence electrons.